The SMILES string of the molecule is COC(=O)c1sc(-c2ccc(-c3nc4ncccc4o3)cc2)cc1N(C(=O)[C@H]1CC[C@H](C(F)(F)F)CC1)C(C)C. The molecule has 0 spiro atoms. The second-order valence-corrected chi connectivity index (χ2v) is 11.2. The molecule has 4 aromatic rings. The summed E-state index contributed by atoms with van der Waals surface area (Å²) in [5.74, 6) is -2.35. The lowest BCUT2D eigenvalue weighted by Crippen LogP contribution is -2.43. The van der Waals surface area contributed by atoms with E-state index < -0.39 is 24.0 Å². The number of hydrogen-bond donors (Lipinski definition) is 0. The number of aromatic nitrogens is 2. The van der Waals surface area contributed by atoms with Crippen LogP contribution < -0.4 is 4.90 Å². The molecule has 0 atom stereocenters. The Kier molecular flexibility index (Phi) is 7.67. The number of ether oxygens (including phenoxy) is 1. The molecular formula is C29H28F3N3O4S. The number of pyridine rings is 1. The average molecular weight is 572 g/mol. The Balaban J connectivity index is 1.44. The van der Waals surface area contributed by atoms with E-state index in [4.69, 9.17) is 9.15 Å². The van der Waals surface area contributed by atoms with Gasteiger partial charge in [-0.3, -0.25) is 4.79 Å². The van der Waals surface area contributed by atoms with Crippen molar-refractivity contribution >= 4 is 40.1 Å². The Morgan fingerprint density at radius 1 is 1.07 bits per heavy atom. The molecule has 40 heavy (non-hydrogen) atoms. The van der Waals surface area contributed by atoms with E-state index in [1.807, 2.05) is 38.1 Å². The number of esters is 1. The lowest BCUT2D eigenvalue weighted by molar-refractivity contribution is -0.184. The number of alkyl halides is 3. The van der Waals surface area contributed by atoms with Gasteiger partial charge in [0.05, 0.1) is 18.7 Å². The van der Waals surface area contributed by atoms with Crippen LogP contribution in [0.3, 0.4) is 0 Å². The number of carbonyl (C=O) groups excluding carboxylic acids is 2. The first-order valence-corrected chi connectivity index (χ1v) is 13.8. The van der Waals surface area contributed by atoms with Gasteiger partial charge in [-0.25, -0.2) is 9.78 Å². The Hall–Kier alpha value is -3.73. The number of hydrogen-bond acceptors (Lipinski definition) is 7. The highest BCUT2D eigenvalue weighted by atomic mass is 32.1. The third kappa shape index (κ3) is 5.47. The van der Waals surface area contributed by atoms with Gasteiger partial charge in [0.25, 0.3) is 0 Å². The van der Waals surface area contributed by atoms with Crippen molar-refractivity contribution in [2.75, 3.05) is 12.0 Å². The highest BCUT2D eigenvalue weighted by Crippen LogP contribution is 2.43. The van der Waals surface area contributed by atoms with Crippen molar-refractivity contribution in [3.8, 4) is 21.9 Å². The number of carbonyl (C=O) groups is 2. The van der Waals surface area contributed by atoms with E-state index in [9.17, 15) is 22.8 Å². The first-order chi connectivity index (χ1) is 19.1. The summed E-state index contributed by atoms with van der Waals surface area (Å²) in [6.45, 7) is 3.64. The van der Waals surface area contributed by atoms with Crippen molar-refractivity contribution < 1.29 is 31.9 Å². The number of fused-ring (bicyclic) bond motifs is 1. The standard InChI is InChI=1S/C29H28F3N3O4S/c1-16(2)35(27(36)19-10-12-20(13-11-19)29(30,31)32)21-15-23(40-24(21)28(37)38-3)17-6-8-18(9-7-17)26-34-25-22(39-26)5-4-14-33-25/h4-9,14-16,19-20H,10-13H2,1-3H3/t19-,20-. The van der Waals surface area contributed by atoms with Crippen LogP contribution in [0.15, 0.2) is 53.1 Å². The Morgan fingerprint density at radius 3 is 2.35 bits per heavy atom. The number of nitrogens with zero attached hydrogens (tertiary/aromatic N) is 3. The summed E-state index contributed by atoms with van der Waals surface area (Å²) in [5, 5.41) is 0. The smallest absolute Gasteiger partial charge is 0.391 e. The maximum absolute atomic E-state index is 13.7. The number of thiophene rings is 1. The molecule has 11 heteroatoms. The van der Waals surface area contributed by atoms with Gasteiger partial charge in [-0.15, -0.1) is 11.3 Å². The largest absolute Gasteiger partial charge is 0.465 e. The van der Waals surface area contributed by atoms with Crippen molar-refractivity contribution in [3.63, 3.8) is 0 Å². The van der Waals surface area contributed by atoms with Gasteiger partial charge in [-0.05, 0) is 75.4 Å². The summed E-state index contributed by atoms with van der Waals surface area (Å²) in [5.41, 5.74) is 3.05. The van der Waals surface area contributed by atoms with Gasteiger partial charge in [0.15, 0.2) is 11.2 Å². The third-order valence-electron chi connectivity index (χ3n) is 7.22. The van der Waals surface area contributed by atoms with Crippen molar-refractivity contribution in [2.24, 2.45) is 11.8 Å². The molecule has 7 nitrogen and oxygen atoms in total. The van der Waals surface area contributed by atoms with E-state index in [2.05, 4.69) is 9.97 Å². The van der Waals surface area contributed by atoms with E-state index in [0.717, 1.165) is 16.0 Å². The second-order valence-electron chi connectivity index (χ2n) is 10.1. The molecule has 0 saturated heterocycles. The van der Waals surface area contributed by atoms with Gasteiger partial charge >= 0.3 is 12.1 Å². The summed E-state index contributed by atoms with van der Waals surface area (Å²) < 4.78 is 50.4. The molecule has 3 aromatic heterocycles. The molecular weight excluding hydrogens is 543 g/mol. The average Bonchev–Trinajstić information content (AvgIpc) is 3.57. The van der Waals surface area contributed by atoms with E-state index in [1.54, 1.807) is 24.4 Å². The summed E-state index contributed by atoms with van der Waals surface area (Å²) in [4.78, 5) is 37.6. The lowest BCUT2D eigenvalue weighted by Gasteiger charge is -2.34. The summed E-state index contributed by atoms with van der Waals surface area (Å²) in [7, 11) is 1.27. The van der Waals surface area contributed by atoms with Crippen molar-refractivity contribution in [3.05, 3.63) is 53.5 Å². The monoisotopic (exact) mass is 571 g/mol. The zero-order valence-corrected chi connectivity index (χ0v) is 23.0. The molecule has 0 N–H and O–H groups in total. The van der Waals surface area contributed by atoms with Crippen LogP contribution in [-0.4, -0.2) is 41.2 Å². The van der Waals surface area contributed by atoms with Gasteiger partial charge in [0.2, 0.25) is 11.8 Å². The molecule has 0 bridgehead atoms. The molecule has 0 aliphatic heterocycles. The number of benzene rings is 1. The number of halogens is 3. The van der Waals surface area contributed by atoms with E-state index in [0.29, 0.717) is 22.8 Å². The summed E-state index contributed by atoms with van der Waals surface area (Å²) in [6, 6.07) is 12.4. The van der Waals surface area contributed by atoms with Crippen LogP contribution in [0.4, 0.5) is 18.9 Å². The summed E-state index contributed by atoms with van der Waals surface area (Å²) in [6.07, 6.45) is -2.45. The fourth-order valence-corrected chi connectivity index (χ4v) is 6.20. The number of methoxy groups -OCH3 is 1. The molecule has 5 rings (SSSR count). The highest BCUT2D eigenvalue weighted by molar-refractivity contribution is 7.18. The van der Waals surface area contributed by atoms with E-state index in [1.165, 1.54) is 23.3 Å². The molecule has 1 aliphatic carbocycles. The fourth-order valence-electron chi connectivity index (χ4n) is 5.13. The number of oxazole rings is 1. The molecule has 3 heterocycles. The van der Waals surface area contributed by atoms with Crippen LogP contribution in [0.25, 0.3) is 33.1 Å². The fraction of sp³-hybridized carbons (Fsp3) is 0.379. The number of anilines is 1. The van der Waals surface area contributed by atoms with Crippen molar-refractivity contribution in [1.82, 2.24) is 9.97 Å². The minimum atomic E-state index is -4.25. The quantitative estimate of drug-likeness (QED) is 0.223. The van der Waals surface area contributed by atoms with Crippen LogP contribution >= 0.6 is 11.3 Å². The minimum absolute atomic E-state index is 0.0763. The Bertz CT molecular complexity index is 1490. The van der Waals surface area contributed by atoms with Crippen LogP contribution in [0.1, 0.15) is 49.2 Å². The Morgan fingerprint density at radius 2 is 1.75 bits per heavy atom. The zero-order valence-electron chi connectivity index (χ0n) is 22.2. The Labute approximate surface area is 233 Å². The second kappa shape index (κ2) is 11.0. The van der Waals surface area contributed by atoms with Gasteiger partial charge in [-0.2, -0.15) is 18.2 Å². The van der Waals surface area contributed by atoms with Gasteiger partial charge < -0.3 is 14.1 Å². The van der Waals surface area contributed by atoms with E-state index in [-0.39, 0.29) is 42.5 Å². The van der Waals surface area contributed by atoms with Gasteiger partial charge in [0.1, 0.15) is 4.88 Å². The topological polar surface area (TPSA) is 85.5 Å². The molecule has 210 valence electrons. The van der Waals surface area contributed by atoms with Crippen LogP contribution in [0, 0.1) is 11.8 Å². The van der Waals surface area contributed by atoms with Crippen LogP contribution in [-0.2, 0) is 9.53 Å². The molecule has 1 aromatic carbocycles. The minimum Gasteiger partial charge on any atom is -0.465 e. The van der Waals surface area contributed by atoms with Crippen LogP contribution in [0.2, 0.25) is 0 Å². The maximum atomic E-state index is 13.7. The maximum Gasteiger partial charge on any atom is 0.391 e. The number of rotatable bonds is 6. The normalized spacial score (nSPS) is 17.8. The number of amides is 1. The molecule has 0 radical (unpaired) electrons. The summed E-state index contributed by atoms with van der Waals surface area (Å²) >= 11 is 1.20. The predicted octanol–water partition coefficient (Wildman–Crippen LogP) is 7.52. The predicted molar refractivity (Wildman–Crippen MR) is 146 cm³/mol. The first-order valence-electron chi connectivity index (χ1n) is 13.0. The highest BCUT2D eigenvalue weighted by Gasteiger charge is 2.43. The molecule has 1 amide bonds. The molecule has 0 unspecified atom stereocenters. The lowest BCUT2D eigenvalue weighted by atomic mass is 9.81. The van der Waals surface area contributed by atoms with Crippen molar-refractivity contribution in [1.29, 1.82) is 0 Å². The van der Waals surface area contributed by atoms with Gasteiger partial charge in [0, 0.05) is 28.6 Å². The molecule has 1 fully saturated rings. The van der Waals surface area contributed by atoms with E-state index >= 15 is 0 Å². The van der Waals surface area contributed by atoms with Crippen molar-refractivity contribution in [2.45, 2.75) is 51.7 Å². The zero-order chi connectivity index (χ0) is 28.6. The van der Waals surface area contributed by atoms with Gasteiger partial charge in [-0.1, -0.05) is 12.1 Å². The van der Waals surface area contributed by atoms with Crippen LogP contribution in [0.5, 0.6) is 0 Å². The third-order valence-corrected chi connectivity index (χ3v) is 8.37. The first kappa shape index (κ1) is 27.8. The molecule has 1 saturated carbocycles. The molecule has 1 aliphatic rings.